The van der Waals surface area contributed by atoms with Crippen molar-refractivity contribution in [2.75, 3.05) is 6.54 Å². The van der Waals surface area contributed by atoms with Crippen molar-refractivity contribution in [2.24, 2.45) is 0 Å². The first-order chi connectivity index (χ1) is 15.1. The lowest BCUT2D eigenvalue weighted by Crippen LogP contribution is -2.19. The van der Waals surface area contributed by atoms with Gasteiger partial charge in [-0.15, -0.1) is 0 Å². The summed E-state index contributed by atoms with van der Waals surface area (Å²) >= 11 is 0. The van der Waals surface area contributed by atoms with E-state index in [4.69, 9.17) is 0 Å². The van der Waals surface area contributed by atoms with Crippen LogP contribution in [0.15, 0.2) is 73.3 Å². The number of nitrogens with zero attached hydrogens (tertiary/aromatic N) is 3. The van der Waals surface area contributed by atoms with Gasteiger partial charge in [-0.2, -0.15) is 0 Å². The van der Waals surface area contributed by atoms with Gasteiger partial charge in [-0.1, -0.05) is 59.7 Å². The molecule has 158 valence electrons. The minimum Gasteiger partial charge on any atom is -0.330 e. The molecular weight excluding hydrogens is 380 g/mol. The van der Waals surface area contributed by atoms with Crippen LogP contribution in [0.4, 0.5) is 0 Å². The van der Waals surface area contributed by atoms with Crippen molar-refractivity contribution in [1.82, 2.24) is 19.9 Å². The van der Waals surface area contributed by atoms with Crippen LogP contribution in [0.1, 0.15) is 33.5 Å². The number of rotatable bonds is 8. The van der Waals surface area contributed by atoms with E-state index in [0.717, 1.165) is 37.3 Å². The van der Waals surface area contributed by atoms with E-state index in [0.29, 0.717) is 0 Å². The minimum absolute atomic E-state index is 0.818. The summed E-state index contributed by atoms with van der Waals surface area (Å²) in [4.78, 5) is 9.04. The maximum atomic E-state index is 4.68. The van der Waals surface area contributed by atoms with Gasteiger partial charge >= 0.3 is 0 Å². The van der Waals surface area contributed by atoms with Crippen LogP contribution < -0.4 is 5.32 Å². The highest BCUT2D eigenvalue weighted by atomic mass is 15.0. The van der Waals surface area contributed by atoms with Crippen LogP contribution in [-0.4, -0.2) is 21.1 Å². The van der Waals surface area contributed by atoms with Gasteiger partial charge in [0.1, 0.15) is 0 Å². The number of hydrogen-bond donors (Lipinski definition) is 1. The van der Waals surface area contributed by atoms with Gasteiger partial charge in [0.15, 0.2) is 0 Å². The molecule has 1 N–H and O–H groups in total. The average Bonchev–Trinajstić information content (AvgIpc) is 3.19. The predicted molar refractivity (Wildman–Crippen MR) is 127 cm³/mol. The lowest BCUT2D eigenvalue weighted by Gasteiger charge is -2.11. The van der Waals surface area contributed by atoms with Gasteiger partial charge in [0, 0.05) is 49.7 Å². The Labute approximate surface area is 185 Å². The molecule has 4 rings (SSSR count). The Hall–Kier alpha value is -3.24. The first-order valence-corrected chi connectivity index (χ1v) is 10.9. The summed E-state index contributed by atoms with van der Waals surface area (Å²) < 4.78 is 2.24. The predicted octanol–water partition coefficient (Wildman–Crippen LogP) is 5.25. The second-order valence-electron chi connectivity index (χ2n) is 8.29. The Morgan fingerprint density at radius 2 is 1.74 bits per heavy atom. The Morgan fingerprint density at radius 1 is 0.903 bits per heavy atom. The van der Waals surface area contributed by atoms with E-state index in [1.54, 1.807) is 0 Å². The highest BCUT2D eigenvalue weighted by Crippen LogP contribution is 2.20. The molecule has 0 bridgehead atoms. The first-order valence-electron chi connectivity index (χ1n) is 10.9. The molecule has 0 aliphatic heterocycles. The lowest BCUT2D eigenvalue weighted by molar-refractivity contribution is 0.650. The topological polar surface area (TPSA) is 42.7 Å². The Balaban J connectivity index is 1.31. The average molecular weight is 411 g/mol. The zero-order chi connectivity index (χ0) is 21.6. The molecule has 2 heterocycles. The van der Waals surface area contributed by atoms with Gasteiger partial charge in [0.05, 0.1) is 12.0 Å². The molecule has 0 aliphatic carbocycles. The van der Waals surface area contributed by atoms with Crippen LogP contribution in [0.2, 0.25) is 0 Å². The Bertz CT molecular complexity index is 1140. The maximum absolute atomic E-state index is 4.68. The van der Waals surface area contributed by atoms with Crippen LogP contribution in [-0.2, 0) is 19.5 Å². The summed E-state index contributed by atoms with van der Waals surface area (Å²) in [6.07, 6.45) is 6.84. The van der Waals surface area contributed by atoms with Crippen molar-refractivity contribution in [3.8, 4) is 11.3 Å². The molecule has 4 heteroatoms. The smallest absolute Gasteiger partial charge is 0.0951 e. The number of benzene rings is 2. The first kappa shape index (κ1) is 21.0. The van der Waals surface area contributed by atoms with Crippen LogP contribution in [0.3, 0.4) is 0 Å². The minimum atomic E-state index is 0.818. The highest BCUT2D eigenvalue weighted by Gasteiger charge is 2.06. The fourth-order valence-corrected chi connectivity index (χ4v) is 3.80. The van der Waals surface area contributed by atoms with Gasteiger partial charge in [-0.3, -0.25) is 4.98 Å². The van der Waals surface area contributed by atoms with Crippen molar-refractivity contribution in [3.05, 3.63) is 107 Å². The molecule has 0 atom stereocenters. The van der Waals surface area contributed by atoms with E-state index < -0.39 is 0 Å². The standard InChI is InChI=1S/C27H30N4/c1-20-7-9-24(10-8-20)27-14-22(3)25(16-30-27)15-28-12-11-26-17-29-19-31(26)18-23-6-4-5-21(2)13-23/h4-10,13-14,16-17,19,28H,11-12,15,18H2,1-3H3. The highest BCUT2D eigenvalue weighted by molar-refractivity contribution is 5.60. The monoisotopic (exact) mass is 410 g/mol. The third-order valence-corrected chi connectivity index (χ3v) is 5.67. The van der Waals surface area contributed by atoms with E-state index in [1.807, 2.05) is 18.7 Å². The second kappa shape index (κ2) is 9.71. The van der Waals surface area contributed by atoms with Crippen LogP contribution in [0.25, 0.3) is 11.3 Å². The molecule has 0 unspecified atom stereocenters. The second-order valence-corrected chi connectivity index (χ2v) is 8.29. The Kier molecular flexibility index (Phi) is 6.58. The van der Waals surface area contributed by atoms with E-state index in [9.17, 15) is 0 Å². The third kappa shape index (κ3) is 5.47. The van der Waals surface area contributed by atoms with Crippen molar-refractivity contribution >= 4 is 0 Å². The molecule has 31 heavy (non-hydrogen) atoms. The van der Waals surface area contributed by atoms with Crippen LogP contribution in [0, 0.1) is 20.8 Å². The molecule has 0 saturated heterocycles. The van der Waals surface area contributed by atoms with Crippen LogP contribution >= 0.6 is 0 Å². The zero-order valence-corrected chi connectivity index (χ0v) is 18.6. The zero-order valence-electron chi connectivity index (χ0n) is 18.6. The van der Waals surface area contributed by atoms with E-state index in [1.165, 1.54) is 33.5 Å². The molecule has 2 aromatic heterocycles. The molecule has 2 aromatic carbocycles. The summed E-state index contributed by atoms with van der Waals surface area (Å²) in [6, 6.07) is 19.4. The van der Waals surface area contributed by atoms with E-state index in [-0.39, 0.29) is 0 Å². The molecule has 0 spiro atoms. The third-order valence-electron chi connectivity index (χ3n) is 5.67. The van der Waals surface area contributed by atoms with E-state index in [2.05, 4.69) is 95.2 Å². The summed E-state index contributed by atoms with van der Waals surface area (Å²) in [7, 11) is 0. The molecule has 0 fully saturated rings. The molecule has 0 aliphatic rings. The molecule has 4 aromatic rings. The number of pyridine rings is 1. The molecule has 4 nitrogen and oxygen atoms in total. The van der Waals surface area contributed by atoms with Crippen molar-refractivity contribution < 1.29 is 0 Å². The van der Waals surface area contributed by atoms with Crippen molar-refractivity contribution in [2.45, 2.75) is 40.3 Å². The van der Waals surface area contributed by atoms with Crippen LogP contribution in [0.5, 0.6) is 0 Å². The fourth-order valence-electron chi connectivity index (χ4n) is 3.80. The maximum Gasteiger partial charge on any atom is 0.0951 e. The van der Waals surface area contributed by atoms with E-state index >= 15 is 0 Å². The van der Waals surface area contributed by atoms with Gasteiger partial charge in [-0.05, 0) is 43.5 Å². The largest absolute Gasteiger partial charge is 0.330 e. The summed E-state index contributed by atoms with van der Waals surface area (Å²) in [5.41, 5.74) is 9.81. The lowest BCUT2D eigenvalue weighted by atomic mass is 10.1. The summed E-state index contributed by atoms with van der Waals surface area (Å²) in [5, 5.41) is 3.57. The summed E-state index contributed by atoms with van der Waals surface area (Å²) in [5.74, 6) is 0. The summed E-state index contributed by atoms with van der Waals surface area (Å²) in [6.45, 7) is 8.98. The molecule has 0 amide bonds. The SMILES string of the molecule is Cc1ccc(-c2cc(C)c(CNCCc3cncn3Cc3cccc(C)c3)cn2)cc1. The van der Waals surface area contributed by atoms with Crippen molar-refractivity contribution in [3.63, 3.8) is 0 Å². The number of aromatic nitrogens is 3. The normalized spacial score (nSPS) is 11.1. The van der Waals surface area contributed by atoms with Gasteiger partial charge < -0.3 is 9.88 Å². The van der Waals surface area contributed by atoms with Gasteiger partial charge in [0.25, 0.3) is 0 Å². The molecule has 0 saturated carbocycles. The number of aryl methyl sites for hydroxylation is 3. The Morgan fingerprint density at radius 3 is 2.52 bits per heavy atom. The quantitative estimate of drug-likeness (QED) is 0.403. The molecular formula is C27H30N4. The molecule has 0 radical (unpaired) electrons. The fraction of sp³-hybridized carbons (Fsp3) is 0.259. The van der Waals surface area contributed by atoms with Gasteiger partial charge in [-0.25, -0.2) is 4.98 Å². The number of imidazole rings is 1. The van der Waals surface area contributed by atoms with Gasteiger partial charge in [0.2, 0.25) is 0 Å². The number of nitrogens with one attached hydrogen (secondary N) is 1. The number of hydrogen-bond acceptors (Lipinski definition) is 3. The van der Waals surface area contributed by atoms with Crippen molar-refractivity contribution in [1.29, 1.82) is 0 Å².